The number of aromatic nitrogens is 1. The molecule has 2 nitrogen and oxygen atoms in total. The molecule has 0 aliphatic heterocycles. The van der Waals surface area contributed by atoms with E-state index in [9.17, 15) is 0 Å². The Bertz CT molecular complexity index is 2300. The van der Waals surface area contributed by atoms with Crippen molar-refractivity contribution >= 4 is 38.1 Å². The van der Waals surface area contributed by atoms with Crippen molar-refractivity contribution in [2.75, 3.05) is 5.73 Å². The normalized spacial score (nSPS) is 11.8. The van der Waals surface area contributed by atoms with Crippen LogP contribution in [0.5, 0.6) is 0 Å². The molecule has 0 saturated heterocycles. The van der Waals surface area contributed by atoms with E-state index in [1.807, 2.05) is 18.2 Å². The van der Waals surface area contributed by atoms with Gasteiger partial charge in [-0.05, 0) is 90.3 Å². The largest absolute Gasteiger partial charge is 0.399 e. The summed E-state index contributed by atoms with van der Waals surface area (Å²) >= 11 is 0. The van der Waals surface area contributed by atoms with Crippen molar-refractivity contribution in [1.29, 1.82) is 0 Å². The van der Waals surface area contributed by atoms with Gasteiger partial charge in [0.2, 0.25) is 0 Å². The Balaban J connectivity index is 1.42. The summed E-state index contributed by atoms with van der Waals surface area (Å²) in [6.07, 6.45) is 0. The molecule has 1 heterocycles. The van der Waals surface area contributed by atoms with Crippen molar-refractivity contribution in [3.05, 3.63) is 146 Å². The highest BCUT2D eigenvalue weighted by atomic mass is 14.7. The highest BCUT2D eigenvalue weighted by Gasteiger charge is 2.31. The molecule has 2 heteroatoms. The quantitative estimate of drug-likeness (QED) is 0.224. The molecule has 7 aromatic carbocycles. The van der Waals surface area contributed by atoms with Gasteiger partial charge in [0.15, 0.2) is 0 Å². The second-order valence-corrected chi connectivity index (χ2v) is 11.3. The van der Waals surface area contributed by atoms with E-state index >= 15 is 0 Å². The monoisotopic (exact) mass is 546 g/mol. The maximum absolute atomic E-state index is 6.05. The van der Waals surface area contributed by atoms with Gasteiger partial charge in [-0.1, -0.05) is 121 Å². The summed E-state index contributed by atoms with van der Waals surface area (Å²) in [5, 5.41) is 6.10. The molecule has 0 spiro atoms. The minimum atomic E-state index is 0.751. The standard InChI is InChI=1S/C41H26N2/c42-28-19-23-35-27(24-28)18-22-36(43-35)29-20-21-34-39-30(29)16-9-17-33(39)40-37(25-10-3-1-4-11-25)31-14-7-8-15-32(31)38(41(34)40)26-12-5-2-6-13-26/h1-24H,42H2. The molecule has 0 bridgehead atoms. The van der Waals surface area contributed by atoms with Crippen LogP contribution in [0, 0.1) is 0 Å². The van der Waals surface area contributed by atoms with Gasteiger partial charge in [-0.2, -0.15) is 0 Å². The molecule has 2 N–H and O–H groups in total. The van der Waals surface area contributed by atoms with Crippen LogP contribution in [0.1, 0.15) is 0 Å². The van der Waals surface area contributed by atoms with Gasteiger partial charge >= 0.3 is 0 Å². The number of nitrogens with two attached hydrogens (primary N) is 1. The molecule has 0 radical (unpaired) electrons. The van der Waals surface area contributed by atoms with Crippen molar-refractivity contribution in [2.24, 2.45) is 0 Å². The first-order valence-electron chi connectivity index (χ1n) is 14.7. The topological polar surface area (TPSA) is 38.9 Å². The lowest BCUT2D eigenvalue weighted by atomic mass is 9.82. The Morgan fingerprint density at radius 3 is 1.67 bits per heavy atom. The van der Waals surface area contributed by atoms with E-state index in [1.165, 1.54) is 66.1 Å². The molecule has 0 unspecified atom stereocenters. The average Bonchev–Trinajstić information content (AvgIpc) is 3.39. The lowest BCUT2D eigenvalue weighted by Gasteiger charge is -2.20. The van der Waals surface area contributed by atoms with Crippen LogP contribution in [-0.4, -0.2) is 4.98 Å². The van der Waals surface area contributed by atoms with Crippen molar-refractivity contribution in [3.8, 4) is 55.8 Å². The minimum Gasteiger partial charge on any atom is -0.399 e. The summed E-state index contributed by atoms with van der Waals surface area (Å²) in [5.41, 5.74) is 20.1. The first-order valence-corrected chi connectivity index (χ1v) is 14.7. The fourth-order valence-electron chi connectivity index (χ4n) is 7.13. The van der Waals surface area contributed by atoms with E-state index in [4.69, 9.17) is 10.7 Å². The van der Waals surface area contributed by atoms with Gasteiger partial charge < -0.3 is 5.73 Å². The van der Waals surface area contributed by atoms with E-state index in [-0.39, 0.29) is 0 Å². The van der Waals surface area contributed by atoms with Crippen molar-refractivity contribution in [1.82, 2.24) is 4.98 Å². The van der Waals surface area contributed by atoms with Crippen LogP contribution in [0.2, 0.25) is 0 Å². The van der Waals surface area contributed by atoms with E-state index in [1.54, 1.807) is 0 Å². The molecule has 0 saturated carbocycles. The minimum absolute atomic E-state index is 0.751. The Labute approximate surface area is 249 Å². The molecule has 8 aromatic rings. The third kappa shape index (κ3) is 3.50. The van der Waals surface area contributed by atoms with Crippen molar-refractivity contribution in [3.63, 3.8) is 0 Å². The van der Waals surface area contributed by atoms with Crippen LogP contribution >= 0.6 is 0 Å². The SMILES string of the molecule is Nc1ccc2nc(-c3ccc4c5c(cccc35)-c3c-4c(-c4ccccc4)c4ccccc4c3-c3ccccc3)ccc2c1. The third-order valence-electron chi connectivity index (χ3n) is 8.91. The van der Waals surface area contributed by atoms with Gasteiger partial charge in [0.1, 0.15) is 0 Å². The number of fused-ring (bicyclic) bond motifs is 5. The first kappa shape index (κ1) is 23.9. The predicted molar refractivity (Wildman–Crippen MR) is 182 cm³/mol. The summed E-state index contributed by atoms with van der Waals surface area (Å²) < 4.78 is 0. The van der Waals surface area contributed by atoms with Crippen LogP contribution < -0.4 is 5.73 Å². The van der Waals surface area contributed by atoms with Crippen LogP contribution in [0.4, 0.5) is 5.69 Å². The number of benzene rings is 7. The maximum Gasteiger partial charge on any atom is 0.0715 e. The lowest BCUT2D eigenvalue weighted by molar-refractivity contribution is 1.41. The Morgan fingerprint density at radius 2 is 1.00 bits per heavy atom. The third-order valence-corrected chi connectivity index (χ3v) is 8.91. The van der Waals surface area contributed by atoms with E-state index in [2.05, 4.69) is 127 Å². The zero-order valence-corrected chi connectivity index (χ0v) is 23.4. The zero-order chi connectivity index (χ0) is 28.5. The van der Waals surface area contributed by atoms with Crippen LogP contribution in [-0.2, 0) is 0 Å². The molecule has 1 aliphatic rings. The number of hydrogen-bond acceptors (Lipinski definition) is 2. The highest BCUT2D eigenvalue weighted by Crippen LogP contribution is 2.58. The van der Waals surface area contributed by atoms with Gasteiger partial charge in [0.25, 0.3) is 0 Å². The molecular formula is C41H26N2. The fraction of sp³-hybridized carbons (Fsp3) is 0. The summed E-state index contributed by atoms with van der Waals surface area (Å²) in [7, 11) is 0. The molecule has 0 amide bonds. The van der Waals surface area contributed by atoms with Gasteiger partial charge in [0, 0.05) is 16.6 Å². The summed E-state index contributed by atoms with van der Waals surface area (Å²) in [4.78, 5) is 5.09. The number of anilines is 1. The van der Waals surface area contributed by atoms with Gasteiger partial charge in [0.05, 0.1) is 11.2 Å². The summed E-state index contributed by atoms with van der Waals surface area (Å²) in [5.74, 6) is 0. The smallest absolute Gasteiger partial charge is 0.0715 e. The van der Waals surface area contributed by atoms with Crippen molar-refractivity contribution in [2.45, 2.75) is 0 Å². The second-order valence-electron chi connectivity index (χ2n) is 11.3. The fourth-order valence-corrected chi connectivity index (χ4v) is 7.13. The van der Waals surface area contributed by atoms with Crippen LogP contribution in [0.25, 0.3) is 88.2 Å². The van der Waals surface area contributed by atoms with E-state index < -0.39 is 0 Å². The molecular weight excluding hydrogens is 520 g/mol. The van der Waals surface area contributed by atoms with Crippen LogP contribution in [0.3, 0.4) is 0 Å². The molecule has 0 atom stereocenters. The lowest BCUT2D eigenvalue weighted by Crippen LogP contribution is -1.93. The molecule has 200 valence electrons. The van der Waals surface area contributed by atoms with E-state index in [0.717, 1.165) is 27.8 Å². The van der Waals surface area contributed by atoms with Crippen LogP contribution in [0.15, 0.2) is 146 Å². The average molecular weight is 547 g/mol. The zero-order valence-electron chi connectivity index (χ0n) is 23.4. The molecule has 1 aliphatic carbocycles. The molecule has 1 aromatic heterocycles. The maximum atomic E-state index is 6.05. The summed E-state index contributed by atoms with van der Waals surface area (Å²) in [6.45, 7) is 0. The summed E-state index contributed by atoms with van der Waals surface area (Å²) in [6, 6.07) is 52.1. The number of nitrogen functional groups attached to an aromatic ring is 1. The number of hydrogen-bond donors (Lipinski definition) is 1. The number of nitrogens with zero attached hydrogens (tertiary/aromatic N) is 1. The molecule has 9 rings (SSSR count). The number of pyridine rings is 1. The second kappa shape index (κ2) is 9.14. The molecule has 0 fully saturated rings. The highest BCUT2D eigenvalue weighted by molar-refractivity contribution is 6.28. The van der Waals surface area contributed by atoms with Gasteiger partial charge in [-0.15, -0.1) is 0 Å². The molecule has 43 heavy (non-hydrogen) atoms. The number of rotatable bonds is 3. The van der Waals surface area contributed by atoms with Gasteiger partial charge in [-0.3, -0.25) is 0 Å². The predicted octanol–water partition coefficient (Wildman–Crippen LogP) is 10.8. The van der Waals surface area contributed by atoms with Gasteiger partial charge in [-0.25, -0.2) is 4.98 Å². The first-order chi connectivity index (χ1) is 21.3. The van der Waals surface area contributed by atoms with E-state index in [0.29, 0.717) is 0 Å². The van der Waals surface area contributed by atoms with Crippen molar-refractivity contribution < 1.29 is 0 Å². The Hall–Kier alpha value is -5.73. The Morgan fingerprint density at radius 1 is 0.419 bits per heavy atom. The Kier molecular flexibility index (Phi) is 5.08.